The number of likely N-dealkylation sites (N-methyl/N-ethyl adjacent to an activating group) is 1. The fourth-order valence-electron chi connectivity index (χ4n) is 3.67. The van der Waals surface area contributed by atoms with E-state index >= 15 is 0 Å². The van der Waals surface area contributed by atoms with Crippen LogP contribution in [0.1, 0.15) is 37.3 Å². The van der Waals surface area contributed by atoms with Gasteiger partial charge in [0, 0.05) is 36.8 Å². The second-order valence-electron chi connectivity index (χ2n) is 7.01. The fourth-order valence-corrected chi connectivity index (χ4v) is 3.67. The van der Waals surface area contributed by atoms with Gasteiger partial charge in [-0.1, -0.05) is 0 Å². The summed E-state index contributed by atoms with van der Waals surface area (Å²) in [7, 11) is 4.44. The van der Waals surface area contributed by atoms with Crippen LogP contribution in [0.25, 0.3) is 0 Å². The first kappa shape index (κ1) is 17.8. The molecule has 124 valence electrons. The monoisotopic (exact) mass is 344 g/mol. The van der Waals surface area contributed by atoms with Crippen LogP contribution < -0.4 is 4.90 Å². The van der Waals surface area contributed by atoms with Crippen LogP contribution in [-0.2, 0) is 0 Å². The Morgan fingerprint density at radius 1 is 1.05 bits per heavy atom. The van der Waals surface area contributed by atoms with Crippen LogP contribution in [0.4, 0.5) is 5.82 Å². The van der Waals surface area contributed by atoms with Crippen LogP contribution >= 0.6 is 24.8 Å². The molecule has 1 aromatic rings. The molecule has 2 atom stereocenters. The summed E-state index contributed by atoms with van der Waals surface area (Å²) < 4.78 is 0. The van der Waals surface area contributed by atoms with E-state index in [0.717, 1.165) is 24.2 Å². The zero-order chi connectivity index (χ0) is 13.7. The molecule has 4 nitrogen and oxygen atoms in total. The summed E-state index contributed by atoms with van der Waals surface area (Å²) in [6.07, 6.45) is 7.24. The normalized spacial score (nSPS) is 27.5. The van der Waals surface area contributed by atoms with E-state index in [2.05, 4.69) is 39.9 Å². The maximum atomic E-state index is 4.54. The highest BCUT2D eigenvalue weighted by Gasteiger charge is 2.43. The van der Waals surface area contributed by atoms with Crippen LogP contribution in [0.5, 0.6) is 0 Å². The molecule has 0 N–H and O–H groups in total. The van der Waals surface area contributed by atoms with E-state index in [-0.39, 0.29) is 24.8 Å². The van der Waals surface area contributed by atoms with Crippen molar-refractivity contribution in [2.45, 2.75) is 37.6 Å². The van der Waals surface area contributed by atoms with E-state index < -0.39 is 0 Å². The Balaban J connectivity index is 0.000000882. The lowest BCUT2D eigenvalue weighted by molar-refractivity contribution is 0.238. The Hall–Kier alpha value is -0.580. The molecule has 1 saturated heterocycles. The summed E-state index contributed by atoms with van der Waals surface area (Å²) in [4.78, 5) is 13.9. The highest BCUT2D eigenvalue weighted by atomic mass is 35.5. The number of hydrogen-bond donors (Lipinski definition) is 0. The number of halogens is 2. The molecule has 4 rings (SSSR count). The molecular formula is C16H26Cl2N4. The van der Waals surface area contributed by atoms with E-state index in [1.165, 1.54) is 37.9 Å². The average molecular weight is 345 g/mol. The van der Waals surface area contributed by atoms with Gasteiger partial charge in [0.15, 0.2) is 0 Å². The third-order valence-corrected chi connectivity index (χ3v) is 5.22. The van der Waals surface area contributed by atoms with Gasteiger partial charge in [-0.25, -0.2) is 9.97 Å². The first-order valence-electron chi connectivity index (χ1n) is 7.95. The van der Waals surface area contributed by atoms with E-state index in [1.54, 1.807) is 6.33 Å². The van der Waals surface area contributed by atoms with Gasteiger partial charge in [-0.05, 0) is 51.6 Å². The van der Waals surface area contributed by atoms with Crippen molar-refractivity contribution in [1.29, 1.82) is 0 Å². The van der Waals surface area contributed by atoms with Crippen molar-refractivity contribution in [3.63, 3.8) is 0 Å². The summed E-state index contributed by atoms with van der Waals surface area (Å²) in [6.45, 7) is 2.30. The van der Waals surface area contributed by atoms with Gasteiger partial charge in [-0.2, -0.15) is 0 Å². The van der Waals surface area contributed by atoms with E-state index in [4.69, 9.17) is 0 Å². The van der Waals surface area contributed by atoms with Gasteiger partial charge in [0.25, 0.3) is 0 Å². The molecule has 6 heteroatoms. The summed E-state index contributed by atoms with van der Waals surface area (Å²) in [5.41, 5.74) is 1.26. The third-order valence-electron chi connectivity index (χ3n) is 5.22. The topological polar surface area (TPSA) is 32.3 Å². The number of nitrogens with zero attached hydrogens (tertiary/aromatic N) is 4. The van der Waals surface area contributed by atoms with E-state index in [9.17, 15) is 0 Å². The van der Waals surface area contributed by atoms with Crippen molar-refractivity contribution in [3.8, 4) is 0 Å². The van der Waals surface area contributed by atoms with Gasteiger partial charge in [0.05, 0.1) is 0 Å². The van der Waals surface area contributed by atoms with Gasteiger partial charge in [-0.3, -0.25) is 0 Å². The molecular weight excluding hydrogens is 319 g/mol. The van der Waals surface area contributed by atoms with Crippen molar-refractivity contribution >= 4 is 30.6 Å². The van der Waals surface area contributed by atoms with Crippen LogP contribution in [0.3, 0.4) is 0 Å². The predicted octanol–water partition coefficient (Wildman–Crippen LogP) is 2.97. The van der Waals surface area contributed by atoms with Crippen LogP contribution in [0.15, 0.2) is 12.4 Å². The molecule has 3 fully saturated rings. The second kappa shape index (κ2) is 6.90. The van der Waals surface area contributed by atoms with Gasteiger partial charge >= 0.3 is 0 Å². The van der Waals surface area contributed by atoms with Crippen molar-refractivity contribution in [2.75, 3.05) is 32.1 Å². The Morgan fingerprint density at radius 3 is 2.36 bits per heavy atom. The van der Waals surface area contributed by atoms with Crippen molar-refractivity contribution in [2.24, 2.45) is 11.8 Å². The number of aromatic nitrogens is 2. The molecule has 0 radical (unpaired) electrons. The second-order valence-corrected chi connectivity index (χ2v) is 7.01. The number of rotatable bonds is 4. The van der Waals surface area contributed by atoms with Crippen LogP contribution in [0.2, 0.25) is 0 Å². The third kappa shape index (κ3) is 3.50. The molecule has 0 bridgehead atoms. The maximum absolute atomic E-state index is 4.54. The SMILES string of the molecule is CN(C)[C@H]1CN(c2cc(C3CC3)ncn2)C[C@@H]1C1CC1.Cl.Cl. The highest BCUT2D eigenvalue weighted by molar-refractivity contribution is 5.85. The standard InChI is InChI=1S/C16H24N4.2ClH/c1-19(2)15-9-20(8-13(15)11-3-4-11)16-7-14(12-5-6-12)17-10-18-16;;/h7,10-13,15H,3-6,8-9H2,1-2H3;2*1H/t13-,15+;;/m1../s1. The number of hydrogen-bond acceptors (Lipinski definition) is 4. The molecule has 2 aliphatic carbocycles. The quantitative estimate of drug-likeness (QED) is 0.840. The first-order chi connectivity index (χ1) is 9.72. The molecule has 22 heavy (non-hydrogen) atoms. The summed E-state index contributed by atoms with van der Waals surface area (Å²) >= 11 is 0. The average Bonchev–Trinajstić information content (AvgIpc) is 3.35. The summed E-state index contributed by atoms with van der Waals surface area (Å²) in [5.74, 6) is 3.64. The minimum atomic E-state index is 0. The number of anilines is 1. The van der Waals surface area contributed by atoms with Crippen molar-refractivity contribution in [1.82, 2.24) is 14.9 Å². The summed E-state index contributed by atoms with van der Waals surface area (Å²) in [6, 6.07) is 2.92. The van der Waals surface area contributed by atoms with E-state index in [0.29, 0.717) is 12.0 Å². The largest absolute Gasteiger partial charge is 0.355 e. The molecule has 3 aliphatic rings. The molecule has 1 aromatic heterocycles. The van der Waals surface area contributed by atoms with E-state index in [1.807, 2.05) is 0 Å². The zero-order valence-electron chi connectivity index (χ0n) is 13.3. The minimum Gasteiger partial charge on any atom is -0.355 e. The zero-order valence-corrected chi connectivity index (χ0v) is 14.9. The smallest absolute Gasteiger partial charge is 0.132 e. The van der Waals surface area contributed by atoms with Crippen LogP contribution in [0, 0.1) is 11.8 Å². The molecule has 0 aromatic carbocycles. The van der Waals surface area contributed by atoms with Gasteiger partial charge in [0.1, 0.15) is 12.1 Å². The molecule has 1 aliphatic heterocycles. The Kier molecular flexibility index (Phi) is 5.57. The minimum absolute atomic E-state index is 0. The first-order valence-corrected chi connectivity index (χ1v) is 7.95. The van der Waals surface area contributed by atoms with Crippen molar-refractivity contribution < 1.29 is 0 Å². The Labute approximate surface area is 145 Å². The summed E-state index contributed by atoms with van der Waals surface area (Å²) in [5, 5.41) is 0. The molecule has 2 saturated carbocycles. The Bertz CT molecular complexity index is 493. The lowest BCUT2D eigenvalue weighted by atomic mass is 9.97. The maximum Gasteiger partial charge on any atom is 0.132 e. The fraction of sp³-hybridized carbons (Fsp3) is 0.750. The van der Waals surface area contributed by atoms with Gasteiger partial charge < -0.3 is 9.80 Å². The lowest BCUT2D eigenvalue weighted by Gasteiger charge is -2.24. The van der Waals surface area contributed by atoms with Gasteiger partial charge in [0.2, 0.25) is 0 Å². The Morgan fingerprint density at radius 2 is 1.77 bits per heavy atom. The van der Waals surface area contributed by atoms with Crippen LogP contribution in [-0.4, -0.2) is 48.1 Å². The predicted molar refractivity (Wildman–Crippen MR) is 94.4 cm³/mol. The van der Waals surface area contributed by atoms with Crippen molar-refractivity contribution in [3.05, 3.63) is 18.1 Å². The highest BCUT2D eigenvalue weighted by Crippen LogP contribution is 2.44. The molecule has 0 spiro atoms. The molecule has 0 unspecified atom stereocenters. The lowest BCUT2D eigenvalue weighted by Crippen LogP contribution is -2.36. The molecule has 2 heterocycles. The molecule has 0 amide bonds. The van der Waals surface area contributed by atoms with Gasteiger partial charge in [-0.15, -0.1) is 24.8 Å².